The number of hydrogen-bond donors (Lipinski definition) is 2. The number of rotatable bonds is 5. The highest BCUT2D eigenvalue weighted by Crippen LogP contribution is 2.32. The van der Waals surface area contributed by atoms with Gasteiger partial charge in [0, 0.05) is 37.3 Å². The predicted molar refractivity (Wildman–Crippen MR) is 99.7 cm³/mol. The molecule has 1 heterocycles. The van der Waals surface area contributed by atoms with Crippen molar-refractivity contribution >= 4 is 23.2 Å². The van der Waals surface area contributed by atoms with Gasteiger partial charge in [0.05, 0.1) is 5.56 Å². The normalized spacial score (nSPS) is 14.0. The predicted octanol–water partition coefficient (Wildman–Crippen LogP) is 3.47. The number of para-hydroxylation sites is 1. The number of aryl methyl sites for hydroxylation is 1. The van der Waals surface area contributed by atoms with Crippen LogP contribution in [0, 0.1) is 0 Å². The number of hydrogen-bond acceptors (Lipinski definition) is 3. The smallest absolute Gasteiger partial charge is 0.326 e. The summed E-state index contributed by atoms with van der Waals surface area (Å²) in [5.41, 5.74) is 6.70. The van der Waals surface area contributed by atoms with E-state index in [1.54, 1.807) is 4.90 Å². The number of nitrogens with one attached hydrogen (secondary N) is 1. The van der Waals surface area contributed by atoms with E-state index in [0.717, 1.165) is 23.4 Å². The maximum absolute atomic E-state index is 13.0. The largest absolute Gasteiger partial charge is 0.416 e. The van der Waals surface area contributed by atoms with Crippen molar-refractivity contribution in [3.63, 3.8) is 0 Å². The van der Waals surface area contributed by atoms with E-state index in [2.05, 4.69) is 5.32 Å². The third-order valence-corrected chi connectivity index (χ3v) is 4.59. The maximum Gasteiger partial charge on any atom is 0.416 e. The van der Waals surface area contributed by atoms with Crippen molar-refractivity contribution in [1.82, 2.24) is 0 Å². The lowest BCUT2D eigenvalue weighted by atomic mass is 10.0. The molecule has 0 spiro atoms. The lowest BCUT2D eigenvalue weighted by Gasteiger charge is -2.29. The SMILES string of the molecule is NCc1cc(NC(=O)CCN2C(=O)CCc3ccccc32)cc(C(F)(F)F)c1. The van der Waals surface area contributed by atoms with Crippen LogP contribution in [0.25, 0.3) is 0 Å². The lowest BCUT2D eigenvalue weighted by Crippen LogP contribution is -2.37. The van der Waals surface area contributed by atoms with Crippen molar-refractivity contribution in [2.75, 3.05) is 16.8 Å². The van der Waals surface area contributed by atoms with E-state index in [1.165, 1.54) is 6.07 Å². The number of halogens is 3. The Bertz CT molecular complexity index is 897. The fourth-order valence-corrected chi connectivity index (χ4v) is 3.22. The Hall–Kier alpha value is -2.87. The third kappa shape index (κ3) is 4.51. The lowest BCUT2D eigenvalue weighted by molar-refractivity contribution is -0.137. The molecule has 0 fully saturated rings. The van der Waals surface area contributed by atoms with Gasteiger partial charge in [0.25, 0.3) is 0 Å². The van der Waals surface area contributed by atoms with Crippen LogP contribution in [-0.4, -0.2) is 18.4 Å². The minimum Gasteiger partial charge on any atom is -0.326 e. The number of nitrogens with zero attached hydrogens (tertiary/aromatic N) is 1. The van der Waals surface area contributed by atoms with E-state index in [0.29, 0.717) is 12.8 Å². The molecule has 2 aromatic carbocycles. The second-order valence-corrected chi connectivity index (χ2v) is 6.59. The molecular weight excluding hydrogens is 371 g/mol. The van der Waals surface area contributed by atoms with Gasteiger partial charge >= 0.3 is 6.18 Å². The van der Waals surface area contributed by atoms with Crippen molar-refractivity contribution < 1.29 is 22.8 Å². The molecule has 8 heteroatoms. The number of carbonyl (C=O) groups excluding carboxylic acids is 2. The zero-order chi connectivity index (χ0) is 20.3. The zero-order valence-corrected chi connectivity index (χ0v) is 15.1. The molecule has 3 rings (SSSR count). The van der Waals surface area contributed by atoms with Gasteiger partial charge in [-0.15, -0.1) is 0 Å². The van der Waals surface area contributed by atoms with Gasteiger partial charge in [-0.3, -0.25) is 9.59 Å². The van der Waals surface area contributed by atoms with Crippen LogP contribution in [0.1, 0.15) is 29.5 Å². The molecule has 0 saturated heterocycles. The molecular formula is C20H20F3N3O2. The van der Waals surface area contributed by atoms with Crippen LogP contribution in [0.5, 0.6) is 0 Å². The van der Waals surface area contributed by atoms with E-state index in [1.807, 2.05) is 24.3 Å². The molecule has 2 aromatic rings. The van der Waals surface area contributed by atoms with Gasteiger partial charge in [-0.1, -0.05) is 18.2 Å². The first kappa shape index (κ1) is 19.9. The molecule has 3 N–H and O–H groups in total. The standard InChI is InChI=1S/C20H20F3N3O2/c21-20(22,23)15-9-13(12-24)10-16(11-15)25-18(27)7-8-26-17-4-2-1-3-14(17)5-6-19(26)28/h1-4,9-11H,5-8,12,24H2,(H,25,27). The number of anilines is 2. The molecule has 0 saturated carbocycles. The second-order valence-electron chi connectivity index (χ2n) is 6.59. The average molecular weight is 391 g/mol. The molecule has 0 aromatic heterocycles. The molecule has 5 nitrogen and oxygen atoms in total. The summed E-state index contributed by atoms with van der Waals surface area (Å²) in [6.07, 6.45) is -3.54. The topological polar surface area (TPSA) is 75.4 Å². The van der Waals surface area contributed by atoms with Gasteiger partial charge in [-0.05, 0) is 41.8 Å². The highest BCUT2D eigenvalue weighted by Gasteiger charge is 2.31. The fourth-order valence-electron chi connectivity index (χ4n) is 3.22. The number of carbonyl (C=O) groups is 2. The number of alkyl halides is 3. The molecule has 28 heavy (non-hydrogen) atoms. The van der Waals surface area contributed by atoms with Gasteiger partial charge in [-0.25, -0.2) is 0 Å². The van der Waals surface area contributed by atoms with Gasteiger partial charge in [0.2, 0.25) is 11.8 Å². The van der Waals surface area contributed by atoms with Crippen LogP contribution < -0.4 is 16.0 Å². The highest BCUT2D eigenvalue weighted by atomic mass is 19.4. The van der Waals surface area contributed by atoms with E-state index in [9.17, 15) is 22.8 Å². The Labute approximate surface area is 160 Å². The number of fused-ring (bicyclic) bond motifs is 1. The Kier molecular flexibility index (Phi) is 5.69. The Morgan fingerprint density at radius 1 is 1.14 bits per heavy atom. The van der Waals surface area contributed by atoms with E-state index in [4.69, 9.17) is 5.73 Å². The van der Waals surface area contributed by atoms with Crippen molar-refractivity contribution in [3.05, 3.63) is 59.2 Å². The molecule has 0 unspecified atom stereocenters. The second kappa shape index (κ2) is 8.02. The summed E-state index contributed by atoms with van der Waals surface area (Å²) in [5, 5.41) is 2.48. The van der Waals surface area contributed by atoms with Crippen molar-refractivity contribution in [2.45, 2.75) is 32.0 Å². The first-order chi connectivity index (χ1) is 13.3. The summed E-state index contributed by atoms with van der Waals surface area (Å²) in [4.78, 5) is 26.0. The summed E-state index contributed by atoms with van der Waals surface area (Å²) in [7, 11) is 0. The van der Waals surface area contributed by atoms with Gasteiger partial charge < -0.3 is 16.0 Å². The van der Waals surface area contributed by atoms with E-state index >= 15 is 0 Å². The van der Waals surface area contributed by atoms with E-state index in [-0.39, 0.29) is 36.7 Å². The highest BCUT2D eigenvalue weighted by molar-refractivity contribution is 5.98. The minimum absolute atomic E-state index is 0.0330. The molecule has 148 valence electrons. The number of nitrogens with two attached hydrogens (primary N) is 1. The van der Waals surface area contributed by atoms with Crippen LogP contribution in [0.15, 0.2) is 42.5 Å². The Balaban J connectivity index is 1.69. The number of amides is 2. The average Bonchev–Trinajstić information content (AvgIpc) is 2.66. The van der Waals surface area contributed by atoms with E-state index < -0.39 is 17.6 Å². The van der Waals surface area contributed by atoms with Gasteiger partial charge in [0.1, 0.15) is 0 Å². The Morgan fingerprint density at radius 2 is 1.89 bits per heavy atom. The quantitative estimate of drug-likeness (QED) is 0.820. The summed E-state index contributed by atoms with van der Waals surface area (Å²) in [5.74, 6) is -0.547. The van der Waals surface area contributed by atoms with Gasteiger partial charge in [-0.2, -0.15) is 13.2 Å². The molecule has 0 aliphatic carbocycles. The van der Waals surface area contributed by atoms with Crippen molar-refractivity contribution in [1.29, 1.82) is 0 Å². The van der Waals surface area contributed by atoms with Crippen LogP contribution in [0.3, 0.4) is 0 Å². The third-order valence-electron chi connectivity index (χ3n) is 4.59. The monoisotopic (exact) mass is 391 g/mol. The van der Waals surface area contributed by atoms with Crippen LogP contribution in [0.4, 0.5) is 24.5 Å². The summed E-state index contributed by atoms with van der Waals surface area (Å²) in [6.45, 7) is 0.0796. The first-order valence-electron chi connectivity index (χ1n) is 8.87. The molecule has 1 aliphatic heterocycles. The van der Waals surface area contributed by atoms with Crippen LogP contribution >= 0.6 is 0 Å². The molecule has 0 radical (unpaired) electrons. The first-order valence-corrected chi connectivity index (χ1v) is 8.87. The molecule has 0 atom stereocenters. The summed E-state index contributed by atoms with van der Waals surface area (Å²) in [6, 6.07) is 10.7. The van der Waals surface area contributed by atoms with Gasteiger partial charge in [0.15, 0.2) is 0 Å². The van der Waals surface area contributed by atoms with Crippen molar-refractivity contribution in [2.24, 2.45) is 5.73 Å². The Morgan fingerprint density at radius 3 is 2.61 bits per heavy atom. The van der Waals surface area contributed by atoms with Crippen molar-refractivity contribution in [3.8, 4) is 0 Å². The molecule has 0 bridgehead atoms. The molecule has 2 amide bonds. The van der Waals surface area contributed by atoms with Crippen LogP contribution in [0.2, 0.25) is 0 Å². The number of benzene rings is 2. The molecule has 1 aliphatic rings. The minimum atomic E-state index is -4.53. The summed E-state index contributed by atoms with van der Waals surface area (Å²) < 4.78 is 39.0. The van der Waals surface area contributed by atoms with Crippen LogP contribution in [-0.2, 0) is 28.7 Å². The fraction of sp³-hybridized carbons (Fsp3) is 0.300. The summed E-state index contributed by atoms with van der Waals surface area (Å²) >= 11 is 0. The zero-order valence-electron chi connectivity index (χ0n) is 15.1. The maximum atomic E-state index is 13.0.